The molecule has 0 fully saturated rings. The average molecular weight is 310 g/mol. The number of halogens is 1. The predicted molar refractivity (Wildman–Crippen MR) is 73.1 cm³/mol. The highest BCUT2D eigenvalue weighted by molar-refractivity contribution is 9.10. The fourth-order valence-corrected chi connectivity index (χ4v) is 2.76. The molecule has 0 spiro atoms. The normalized spacial score (nSPS) is 12.4. The van der Waals surface area contributed by atoms with Gasteiger partial charge in [-0.2, -0.15) is 0 Å². The number of nitrogens with zero attached hydrogens (tertiary/aromatic N) is 1. The van der Waals surface area contributed by atoms with E-state index in [0.717, 1.165) is 14.3 Å². The van der Waals surface area contributed by atoms with Crippen molar-refractivity contribution >= 4 is 27.7 Å². The van der Waals surface area contributed by atoms with Crippen LogP contribution in [0.1, 0.15) is 18.7 Å². The maximum Gasteiger partial charge on any atom is 0.0931 e. The quantitative estimate of drug-likeness (QED) is 0.928. The maximum absolute atomic E-state index is 9.37. The van der Waals surface area contributed by atoms with E-state index < -0.39 is 6.10 Å². The zero-order chi connectivity index (χ0) is 12.3. The summed E-state index contributed by atoms with van der Waals surface area (Å²) in [7, 11) is 0. The van der Waals surface area contributed by atoms with Crippen LogP contribution in [0, 0.1) is 0 Å². The first-order valence-corrected chi connectivity index (χ1v) is 6.83. The maximum atomic E-state index is 9.37. The van der Waals surface area contributed by atoms with Crippen molar-refractivity contribution in [3.05, 3.63) is 52.8 Å². The summed E-state index contributed by atoms with van der Waals surface area (Å²) in [5.41, 5.74) is 0.698. The van der Waals surface area contributed by atoms with Gasteiger partial charge < -0.3 is 5.11 Å². The highest BCUT2D eigenvalue weighted by Gasteiger charge is 2.03. The number of benzene rings is 1. The van der Waals surface area contributed by atoms with Crippen molar-refractivity contribution in [1.29, 1.82) is 0 Å². The number of aliphatic hydroxyl groups is 1. The number of hydrogen-bond acceptors (Lipinski definition) is 3. The minimum atomic E-state index is -0.514. The van der Waals surface area contributed by atoms with Gasteiger partial charge in [-0.05, 0) is 37.3 Å². The molecule has 1 aromatic heterocycles. The van der Waals surface area contributed by atoms with Gasteiger partial charge in [0.1, 0.15) is 0 Å². The van der Waals surface area contributed by atoms with Gasteiger partial charge in [0.15, 0.2) is 0 Å². The summed E-state index contributed by atoms with van der Waals surface area (Å²) in [6.45, 7) is 1.71. The molecule has 0 aliphatic carbocycles. The molecule has 0 saturated heterocycles. The van der Waals surface area contributed by atoms with Gasteiger partial charge >= 0.3 is 0 Å². The van der Waals surface area contributed by atoms with Crippen molar-refractivity contribution in [2.75, 3.05) is 0 Å². The SMILES string of the molecule is CC(O)c1ccc(Sc2cccc(Br)c2)cn1. The molecule has 0 radical (unpaired) electrons. The lowest BCUT2D eigenvalue weighted by Gasteiger charge is -2.05. The molecule has 0 aliphatic rings. The van der Waals surface area contributed by atoms with E-state index in [9.17, 15) is 5.11 Å². The van der Waals surface area contributed by atoms with Crippen LogP contribution in [0.3, 0.4) is 0 Å². The third-order valence-corrected chi connectivity index (χ3v) is 3.68. The summed E-state index contributed by atoms with van der Waals surface area (Å²) in [6.07, 6.45) is 1.27. The lowest BCUT2D eigenvalue weighted by atomic mass is 10.2. The lowest BCUT2D eigenvalue weighted by Crippen LogP contribution is -1.94. The number of aromatic nitrogens is 1. The van der Waals surface area contributed by atoms with Gasteiger partial charge in [0, 0.05) is 20.5 Å². The van der Waals surface area contributed by atoms with Crippen LogP contribution in [0.25, 0.3) is 0 Å². The molecule has 88 valence electrons. The molecule has 0 amide bonds. The molecule has 1 aromatic carbocycles. The van der Waals surface area contributed by atoms with Crippen LogP contribution in [-0.4, -0.2) is 10.1 Å². The third kappa shape index (κ3) is 3.56. The molecule has 1 unspecified atom stereocenters. The Morgan fingerprint density at radius 1 is 1.24 bits per heavy atom. The van der Waals surface area contributed by atoms with Gasteiger partial charge in [-0.15, -0.1) is 0 Å². The molecule has 0 bridgehead atoms. The predicted octanol–water partition coefficient (Wildman–Crippen LogP) is 4.05. The van der Waals surface area contributed by atoms with Crippen molar-refractivity contribution in [3.8, 4) is 0 Å². The van der Waals surface area contributed by atoms with E-state index in [1.165, 1.54) is 0 Å². The van der Waals surface area contributed by atoms with Crippen molar-refractivity contribution < 1.29 is 5.11 Å². The Morgan fingerprint density at radius 3 is 2.65 bits per heavy atom. The Labute approximate surface area is 113 Å². The standard InChI is InChI=1S/C13H12BrNOS/c1-9(16)13-6-5-12(8-15-13)17-11-4-2-3-10(14)7-11/h2-9,16H,1H3. The van der Waals surface area contributed by atoms with Crippen LogP contribution in [-0.2, 0) is 0 Å². The molecular formula is C13H12BrNOS. The molecule has 2 nitrogen and oxygen atoms in total. The zero-order valence-corrected chi connectivity index (χ0v) is 11.7. The first kappa shape index (κ1) is 12.6. The second kappa shape index (κ2) is 5.67. The van der Waals surface area contributed by atoms with Crippen molar-refractivity contribution in [2.45, 2.75) is 22.8 Å². The average Bonchev–Trinajstić information content (AvgIpc) is 2.29. The second-order valence-electron chi connectivity index (χ2n) is 3.65. The zero-order valence-electron chi connectivity index (χ0n) is 9.30. The monoisotopic (exact) mass is 309 g/mol. The van der Waals surface area contributed by atoms with Gasteiger partial charge in [0.25, 0.3) is 0 Å². The third-order valence-electron chi connectivity index (χ3n) is 2.22. The van der Waals surface area contributed by atoms with Crippen molar-refractivity contribution in [1.82, 2.24) is 4.98 Å². The molecule has 2 aromatic rings. The van der Waals surface area contributed by atoms with E-state index in [0.29, 0.717) is 5.69 Å². The molecule has 0 saturated carbocycles. The van der Waals surface area contributed by atoms with Crippen molar-refractivity contribution in [2.24, 2.45) is 0 Å². The van der Waals surface area contributed by atoms with E-state index in [-0.39, 0.29) is 0 Å². The van der Waals surface area contributed by atoms with E-state index in [1.54, 1.807) is 24.9 Å². The molecule has 17 heavy (non-hydrogen) atoms. The highest BCUT2D eigenvalue weighted by Crippen LogP contribution is 2.29. The highest BCUT2D eigenvalue weighted by atomic mass is 79.9. The summed E-state index contributed by atoms with van der Waals surface area (Å²) >= 11 is 5.09. The second-order valence-corrected chi connectivity index (χ2v) is 5.72. The molecule has 0 aliphatic heterocycles. The Kier molecular flexibility index (Phi) is 4.20. The summed E-state index contributed by atoms with van der Waals surface area (Å²) in [5, 5.41) is 9.37. The Morgan fingerprint density at radius 2 is 2.06 bits per heavy atom. The summed E-state index contributed by atoms with van der Waals surface area (Å²) in [5.74, 6) is 0. The summed E-state index contributed by atoms with van der Waals surface area (Å²) in [4.78, 5) is 6.44. The lowest BCUT2D eigenvalue weighted by molar-refractivity contribution is 0.194. The summed E-state index contributed by atoms with van der Waals surface area (Å²) in [6, 6.07) is 11.9. The van der Waals surface area contributed by atoms with E-state index in [1.807, 2.05) is 24.3 Å². The molecule has 1 N–H and O–H groups in total. The molecule has 1 heterocycles. The van der Waals surface area contributed by atoms with Crippen LogP contribution in [0.2, 0.25) is 0 Å². The van der Waals surface area contributed by atoms with Gasteiger partial charge in [-0.3, -0.25) is 4.98 Å². The number of rotatable bonds is 3. The number of aliphatic hydroxyl groups excluding tert-OH is 1. The van der Waals surface area contributed by atoms with Gasteiger partial charge in [-0.1, -0.05) is 33.8 Å². The van der Waals surface area contributed by atoms with Crippen LogP contribution in [0.15, 0.2) is 56.9 Å². The number of pyridine rings is 1. The smallest absolute Gasteiger partial charge is 0.0931 e. The fraction of sp³-hybridized carbons (Fsp3) is 0.154. The van der Waals surface area contributed by atoms with Gasteiger partial charge in [-0.25, -0.2) is 0 Å². The molecular weight excluding hydrogens is 298 g/mol. The minimum Gasteiger partial charge on any atom is -0.387 e. The van der Waals surface area contributed by atoms with Crippen molar-refractivity contribution in [3.63, 3.8) is 0 Å². The van der Waals surface area contributed by atoms with Gasteiger partial charge in [0.05, 0.1) is 11.8 Å². The largest absolute Gasteiger partial charge is 0.387 e. The van der Waals surface area contributed by atoms with Crippen LogP contribution in [0.5, 0.6) is 0 Å². The van der Waals surface area contributed by atoms with Crippen LogP contribution < -0.4 is 0 Å². The molecule has 4 heteroatoms. The Hall–Kier alpha value is -0.840. The first-order valence-electron chi connectivity index (χ1n) is 5.22. The Bertz CT molecular complexity index is 499. The van der Waals surface area contributed by atoms with E-state index >= 15 is 0 Å². The van der Waals surface area contributed by atoms with E-state index in [2.05, 4.69) is 33.0 Å². The number of hydrogen-bond donors (Lipinski definition) is 1. The molecule has 2 rings (SSSR count). The fourth-order valence-electron chi connectivity index (χ4n) is 1.37. The first-order chi connectivity index (χ1) is 8.15. The van der Waals surface area contributed by atoms with Gasteiger partial charge in [0.2, 0.25) is 0 Å². The van der Waals surface area contributed by atoms with Crippen LogP contribution in [0.4, 0.5) is 0 Å². The van der Waals surface area contributed by atoms with E-state index in [4.69, 9.17) is 0 Å². The molecule has 1 atom stereocenters. The van der Waals surface area contributed by atoms with Crippen LogP contribution >= 0.6 is 27.7 Å². The minimum absolute atomic E-state index is 0.514. The Balaban J connectivity index is 2.14. The summed E-state index contributed by atoms with van der Waals surface area (Å²) < 4.78 is 1.07. The topological polar surface area (TPSA) is 33.1 Å².